The second kappa shape index (κ2) is 10.2. The van der Waals surface area contributed by atoms with Crippen LogP contribution in [0.15, 0.2) is 4.52 Å². The molecule has 1 aromatic heterocycles. The molecule has 2 bridgehead atoms. The molecule has 0 spiro atoms. The third-order valence-electron chi connectivity index (χ3n) is 8.67. The smallest absolute Gasteiger partial charge is 0.320 e. The number of rotatable bonds is 5. The van der Waals surface area contributed by atoms with Gasteiger partial charge in [0.2, 0.25) is 11.8 Å². The molecule has 0 saturated carbocycles. The van der Waals surface area contributed by atoms with Crippen LogP contribution in [0.1, 0.15) is 62.0 Å². The lowest BCUT2D eigenvalue weighted by molar-refractivity contribution is -0.144. The number of urea groups is 1. The van der Waals surface area contributed by atoms with E-state index in [1.54, 1.807) is 0 Å². The maximum atomic E-state index is 13.3. The minimum atomic E-state index is -0.0272. The van der Waals surface area contributed by atoms with Crippen molar-refractivity contribution in [1.29, 1.82) is 0 Å². The van der Waals surface area contributed by atoms with Crippen molar-refractivity contribution in [3.63, 3.8) is 0 Å². The van der Waals surface area contributed by atoms with Gasteiger partial charge in [-0.2, -0.15) is 0 Å². The van der Waals surface area contributed by atoms with Crippen LogP contribution in [0.5, 0.6) is 0 Å². The summed E-state index contributed by atoms with van der Waals surface area (Å²) in [5.74, 6) is 2.03. The van der Waals surface area contributed by atoms with E-state index in [2.05, 4.69) is 15.4 Å². The quantitative estimate of drug-likeness (QED) is 0.646. The fraction of sp³-hybridized carbons (Fsp3) is 0.769. The highest BCUT2D eigenvalue weighted by atomic mass is 16.5. The molecule has 4 aliphatic rings. The SMILES string of the molecule is Cc1noc(C)c1CCCNC(=O)C1CCN(C(=O)N2C[C@@H]3C[C@H](C2)[C@H]2CCCC(=O)N2C3)CC1. The highest BCUT2D eigenvalue weighted by Gasteiger charge is 2.45. The first-order chi connectivity index (χ1) is 16.9. The van der Waals surface area contributed by atoms with Crippen LogP contribution in [0.3, 0.4) is 0 Å². The van der Waals surface area contributed by atoms with Crippen molar-refractivity contribution >= 4 is 17.8 Å². The van der Waals surface area contributed by atoms with Crippen LogP contribution < -0.4 is 5.32 Å². The van der Waals surface area contributed by atoms with E-state index in [0.717, 1.165) is 68.8 Å². The number of aromatic nitrogens is 1. The lowest BCUT2D eigenvalue weighted by atomic mass is 9.76. The number of carbonyl (C=O) groups is 3. The van der Waals surface area contributed by atoms with Crippen LogP contribution >= 0.6 is 0 Å². The summed E-state index contributed by atoms with van der Waals surface area (Å²) in [6.45, 7) is 8.09. The van der Waals surface area contributed by atoms with Gasteiger partial charge in [-0.1, -0.05) is 5.16 Å². The fourth-order valence-electron chi connectivity index (χ4n) is 6.78. The number of piperidine rings is 4. The average molecular weight is 486 g/mol. The Hall–Kier alpha value is -2.58. The van der Waals surface area contributed by atoms with Crippen molar-refractivity contribution < 1.29 is 18.9 Å². The zero-order valence-corrected chi connectivity index (χ0v) is 21.1. The van der Waals surface area contributed by atoms with Crippen LogP contribution in [0.4, 0.5) is 4.79 Å². The molecule has 5 rings (SSSR count). The maximum absolute atomic E-state index is 13.3. The van der Waals surface area contributed by atoms with E-state index in [1.165, 1.54) is 0 Å². The van der Waals surface area contributed by atoms with Crippen molar-refractivity contribution in [2.75, 3.05) is 39.3 Å². The third-order valence-corrected chi connectivity index (χ3v) is 8.67. The number of nitrogens with zero attached hydrogens (tertiary/aromatic N) is 4. The zero-order chi connectivity index (χ0) is 24.5. The number of likely N-dealkylation sites (tertiary alicyclic amines) is 2. The van der Waals surface area contributed by atoms with Gasteiger partial charge in [-0.3, -0.25) is 9.59 Å². The van der Waals surface area contributed by atoms with Crippen LogP contribution in [-0.2, 0) is 16.0 Å². The Morgan fingerprint density at radius 3 is 2.63 bits per heavy atom. The molecule has 0 aliphatic carbocycles. The van der Waals surface area contributed by atoms with Crippen LogP contribution in [0.25, 0.3) is 0 Å². The highest BCUT2D eigenvalue weighted by Crippen LogP contribution is 2.38. The van der Waals surface area contributed by atoms with Crippen molar-refractivity contribution in [2.45, 2.75) is 71.3 Å². The summed E-state index contributed by atoms with van der Waals surface area (Å²) in [5, 5.41) is 7.06. The van der Waals surface area contributed by atoms with E-state index in [0.29, 0.717) is 62.7 Å². The lowest BCUT2D eigenvalue weighted by Gasteiger charge is -2.53. The Labute approximate surface area is 207 Å². The predicted octanol–water partition coefficient (Wildman–Crippen LogP) is 2.51. The number of nitrogens with one attached hydrogen (secondary N) is 1. The van der Waals surface area contributed by atoms with Crippen LogP contribution in [0, 0.1) is 31.6 Å². The first-order valence-electron chi connectivity index (χ1n) is 13.4. The summed E-state index contributed by atoms with van der Waals surface area (Å²) in [4.78, 5) is 44.5. The molecule has 4 saturated heterocycles. The Bertz CT molecular complexity index is 934. The van der Waals surface area contributed by atoms with Gasteiger partial charge in [0.1, 0.15) is 5.76 Å². The molecule has 1 N–H and O–H groups in total. The molecular weight excluding hydrogens is 446 g/mol. The Kier molecular flexibility index (Phi) is 7.02. The van der Waals surface area contributed by atoms with E-state index in [1.807, 2.05) is 23.6 Å². The van der Waals surface area contributed by atoms with Gasteiger partial charge in [0, 0.05) is 63.2 Å². The number of aryl methyl sites for hydroxylation is 2. The number of amides is 4. The van der Waals surface area contributed by atoms with Gasteiger partial charge in [-0.05, 0) is 70.6 Å². The third kappa shape index (κ3) is 5.05. The molecule has 192 valence electrons. The monoisotopic (exact) mass is 485 g/mol. The normalized spacial score (nSPS) is 27.1. The second-order valence-corrected chi connectivity index (χ2v) is 11.0. The zero-order valence-electron chi connectivity index (χ0n) is 21.1. The van der Waals surface area contributed by atoms with Gasteiger partial charge in [-0.15, -0.1) is 0 Å². The number of hydrogen-bond acceptors (Lipinski definition) is 5. The fourth-order valence-corrected chi connectivity index (χ4v) is 6.78. The van der Waals surface area contributed by atoms with E-state index >= 15 is 0 Å². The minimum Gasteiger partial charge on any atom is -0.361 e. The second-order valence-electron chi connectivity index (χ2n) is 11.0. The van der Waals surface area contributed by atoms with Gasteiger partial charge in [-0.25, -0.2) is 4.79 Å². The van der Waals surface area contributed by atoms with Crippen molar-refractivity contribution in [2.24, 2.45) is 17.8 Å². The molecule has 3 atom stereocenters. The molecule has 1 aromatic rings. The molecule has 5 heterocycles. The molecule has 4 fully saturated rings. The molecule has 9 nitrogen and oxygen atoms in total. The summed E-state index contributed by atoms with van der Waals surface area (Å²) in [7, 11) is 0. The number of hydrogen-bond donors (Lipinski definition) is 1. The van der Waals surface area contributed by atoms with E-state index < -0.39 is 0 Å². The van der Waals surface area contributed by atoms with Crippen molar-refractivity contribution in [3.05, 3.63) is 17.0 Å². The minimum absolute atomic E-state index is 0.0272. The van der Waals surface area contributed by atoms with Crippen LogP contribution in [0.2, 0.25) is 0 Å². The molecular formula is C26H39N5O4. The topological polar surface area (TPSA) is 99.0 Å². The molecule has 0 radical (unpaired) electrons. The Balaban J connectivity index is 1.06. The molecule has 9 heteroatoms. The van der Waals surface area contributed by atoms with Gasteiger partial charge >= 0.3 is 6.03 Å². The predicted molar refractivity (Wildman–Crippen MR) is 130 cm³/mol. The Morgan fingerprint density at radius 2 is 1.89 bits per heavy atom. The van der Waals surface area contributed by atoms with Crippen LogP contribution in [-0.4, -0.2) is 83.0 Å². The lowest BCUT2D eigenvalue weighted by Crippen LogP contribution is -2.62. The maximum Gasteiger partial charge on any atom is 0.320 e. The molecule has 0 aromatic carbocycles. The molecule has 0 unspecified atom stereocenters. The van der Waals surface area contributed by atoms with Gasteiger partial charge in [0.25, 0.3) is 0 Å². The molecule has 35 heavy (non-hydrogen) atoms. The summed E-state index contributed by atoms with van der Waals surface area (Å²) in [6, 6.07) is 0.434. The standard InChI is InChI=1S/C26H39N5O4/c1-17-22(18(2)35-28-17)5-4-10-27-25(33)20-8-11-29(12-9-20)26(34)30-14-19-13-21(16-30)23-6-3-7-24(32)31(23)15-19/h19-21,23H,3-16H2,1-2H3,(H,27,33)/t19-,21+,23+/m0/s1. The van der Waals surface area contributed by atoms with Gasteiger partial charge < -0.3 is 24.5 Å². The van der Waals surface area contributed by atoms with Gasteiger partial charge in [0.15, 0.2) is 0 Å². The van der Waals surface area contributed by atoms with E-state index in [-0.39, 0.29) is 17.9 Å². The largest absolute Gasteiger partial charge is 0.361 e. The summed E-state index contributed by atoms with van der Waals surface area (Å²) in [5.41, 5.74) is 2.06. The Morgan fingerprint density at radius 1 is 1.09 bits per heavy atom. The average Bonchev–Trinajstić information content (AvgIpc) is 3.19. The van der Waals surface area contributed by atoms with Gasteiger partial charge in [0.05, 0.1) is 5.69 Å². The van der Waals surface area contributed by atoms with E-state index in [4.69, 9.17) is 4.52 Å². The molecule has 4 amide bonds. The number of fused-ring (bicyclic) bond motifs is 4. The van der Waals surface area contributed by atoms with Crippen molar-refractivity contribution in [1.82, 2.24) is 25.2 Å². The first-order valence-corrected chi connectivity index (χ1v) is 13.4. The number of carbonyl (C=O) groups excluding carboxylic acids is 3. The summed E-state index contributed by atoms with van der Waals surface area (Å²) >= 11 is 0. The highest BCUT2D eigenvalue weighted by molar-refractivity contribution is 5.80. The van der Waals surface area contributed by atoms with E-state index in [9.17, 15) is 14.4 Å². The molecule has 4 aliphatic heterocycles. The van der Waals surface area contributed by atoms with Crippen molar-refractivity contribution in [3.8, 4) is 0 Å². The summed E-state index contributed by atoms with van der Waals surface area (Å²) in [6.07, 6.45) is 7.00. The first kappa shape index (κ1) is 24.1. The summed E-state index contributed by atoms with van der Waals surface area (Å²) < 4.78 is 5.20.